The highest BCUT2D eigenvalue weighted by molar-refractivity contribution is 5.89. The van der Waals surface area contributed by atoms with Crippen LogP contribution in [0.25, 0.3) is 33.6 Å². The standard InChI is InChI=1S/C35H33N5O3/c1-2-3-13-32(41)40(35(34(42)43)21-28-11-7-8-12-29(28)22-35)23-24-14-16-26(17-15-24)31-20-27(25-9-5-4-6-10-25)18-19-30(31)33-36-38-39-37-33/h4-12,14-20H,2-3,13,21-23H2,1H3,(H,42,43)(H,36,37,38,39). The quantitative estimate of drug-likeness (QED) is 0.202. The molecule has 8 nitrogen and oxygen atoms in total. The van der Waals surface area contributed by atoms with Gasteiger partial charge >= 0.3 is 5.97 Å². The summed E-state index contributed by atoms with van der Waals surface area (Å²) in [6, 6.07) is 32.1. The molecule has 0 unspecified atom stereocenters. The number of nitrogens with one attached hydrogen (secondary N) is 1. The number of H-pyrrole nitrogens is 1. The highest BCUT2D eigenvalue weighted by Gasteiger charge is 2.50. The number of amides is 1. The van der Waals surface area contributed by atoms with Crippen molar-refractivity contribution in [1.29, 1.82) is 0 Å². The Morgan fingerprint density at radius 1 is 0.837 bits per heavy atom. The van der Waals surface area contributed by atoms with E-state index < -0.39 is 11.5 Å². The zero-order valence-electron chi connectivity index (χ0n) is 24.0. The number of tetrazole rings is 1. The van der Waals surface area contributed by atoms with E-state index in [9.17, 15) is 14.7 Å². The number of aromatic nitrogens is 4. The van der Waals surface area contributed by atoms with E-state index in [-0.39, 0.29) is 12.5 Å². The van der Waals surface area contributed by atoms with Crippen LogP contribution in [-0.2, 0) is 29.0 Å². The van der Waals surface area contributed by atoms with E-state index in [2.05, 4.69) is 38.8 Å². The van der Waals surface area contributed by atoms with E-state index in [0.717, 1.165) is 50.9 Å². The second-order valence-corrected chi connectivity index (χ2v) is 11.1. The lowest BCUT2D eigenvalue weighted by Crippen LogP contribution is -2.57. The van der Waals surface area contributed by atoms with Crippen molar-refractivity contribution in [3.05, 3.63) is 114 Å². The minimum atomic E-state index is -1.32. The number of rotatable bonds is 10. The van der Waals surface area contributed by atoms with Crippen LogP contribution >= 0.6 is 0 Å². The summed E-state index contributed by atoms with van der Waals surface area (Å²) in [4.78, 5) is 28.2. The van der Waals surface area contributed by atoms with Crippen molar-refractivity contribution in [1.82, 2.24) is 25.5 Å². The van der Waals surface area contributed by atoms with Crippen LogP contribution in [0.15, 0.2) is 97.1 Å². The van der Waals surface area contributed by atoms with Gasteiger partial charge in [0.15, 0.2) is 0 Å². The average Bonchev–Trinajstić information content (AvgIpc) is 3.72. The second kappa shape index (κ2) is 12.0. The van der Waals surface area contributed by atoms with Crippen molar-refractivity contribution >= 4 is 11.9 Å². The molecule has 6 rings (SSSR count). The zero-order chi connectivity index (χ0) is 29.8. The fourth-order valence-corrected chi connectivity index (χ4v) is 6.03. The van der Waals surface area contributed by atoms with Crippen LogP contribution in [0.5, 0.6) is 0 Å². The molecule has 0 saturated heterocycles. The molecule has 1 aromatic heterocycles. The molecule has 0 bridgehead atoms. The lowest BCUT2D eigenvalue weighted by atomic mass is 9.91. The van der Waals surface area contributed by atoms with Gasteiger partial charge in [0.2, 0.25) is 11.7 Å². The van der Waals surface area contributed by atoms with E-state index in [1.807, 2.05) is 85.8 Å². The Labute approximate surface area is 250 Å². The first kappa shape index (κ1) is 28.0. The molecule has 0 saturated carbocycles. The molecule has 43 heavy (non-hydrogen) atoms. The molecule has 0 radical (unpaired) electrons. The predicted molar refractivity (Wildman–Crippen MR) is 165 cm³/mol. The highest BCUT2D eigenvalue weighted by atomic mass is 16.4. The van der Waals surface area contributed by atoms with Gasteiger partial charge in [-0.1, -0.05) is 98.3 Å². The minimum Gasteiger partial charge on any atom is -0.479 e. The first-order valence-electron chi connectivity index (χ1n) is 14.6. The Hall–Kier alpha value is -5.11. The summed E-state index contributed by atoms with van der Waals surface area (Å²) < 4.78 is 0. The van der Waals surface area contributed by atoms with Gasteiger partial charge in [-0.15, -0.1) is 10.2 Å². The maximum Gasteiger partial charge on any atom is 0.330 e. The summed E-state index contributed by atoms with van der Waals surface area (Å²) >= 11 is 0. The Morgan fingerprint density at radius 3 is 2.14 bits per heavy atom. The van der Waals surface area contributed by atoms with Crippen molar-refractivity contribution in [3.8, 4) is 33.6 Å². The van der Waals surface area contributed by atoms with Gasteiger partial charge in [-0.05, 0) is 62.7 Å². The molecular weight excluding hydrogens is 538 g/mol. The number of fused-ring (bicyclic) bond motifs is 1. The molecule has 2 N–H and O–H groups in total. The number of carboxylic acids is 1. The monoisotopic (exact) mass is 571 g/mol. The molecule has 0 fully saturated rings. The van der Waals surface area contributed by atoms with E-state index in [1.54, 1.807) is 4.90 Å². The number of carbonyl (C=O) groups excluding carboxylic acids is 1. The van der Waals surface area contributed by atoms with Gasteiger partial charge in [-0.3, -0.25) is 4.79 Å². The topological polar surface area (TPSA) is 112 Å². The molecule has 216 valence electrons. The van der Waals surface area contributed by atoms with Crippen molar-refractivity contribution in [3.63, 3.8) is 0 Å². The average molecular weight is 572 g/mol. The molecule has 1 aliphatic carbocycles. The molecule has 0 spiro atoms. The first-order valence-corrected chi connectivity index (χ1v) is 14.6. The number of nitrogens with zero attached hydrogens (tertiary/aromatic N) is 4. The normalized spacial score (nSPS) is 13.4. The van der Waals surface area contributed by atoms with Gasteiger partial charge < -0.3 is 10.0 Å². The van der Waals surface area contributed by atoms with E-state index >= 15 is 0 Å². The predicted octanol–water partition coefficient (Wildman–Crippen LogP) is 6.34. The molecule has 4 aromatic carbocycles. The molecule has 0 aliphatic heterocycles. The largest absolute Gasteiger partial charge is 0.479 e. The summed E-state index contributed by atoms with van der Waals surface area (Å²) in [5.74, 6) is -0.598. The molecule has 1 amide bonds. The molecule has 0 atom stereocenters. The minimum absolute atomic E-state index is 0.129. The number of carboxylic acid groups (broad SMARTS) is 1. The Bertz CT molecular complexity index is 1710. The van der Waals surface area contributed by atoms with Gasteiger partial charge in [0.05, 0.1) is 0 Å². The van der Waals surface area contributed by atoms with Crippen LogP contribution in [0.2, 0.25) is 0 Å². The maximum absolute atomic E-state index is 13.6. The van der Waals surface area contributed by atoms with E-state index in [0.29, 0.717) is 31.5 Å². The van der Waals surface area contributed by atoms with Gasteiger partial charge in [0, 0.05) is 31.4 Å². The van der Waals surface area contributed by atoms with Crippen LogP contribution < -0.4 is 0 Å². The molecule has 5 aromatic rings. The van der Waals surface area contributed by atoms with Gasteiger partial charge in [-0.25, -0.2) is 4.79 Å². The summed E-state index contributed by atoms with van der Waals surface area (Å²) in [6.45, 7) is 2.25. The summed E-state index contributed by atoms with van der Waals surface area (Å²) in [5, 5.41) is 25.3. The second-order valence-electron chi connectivity index (χ2n) is 11.1. The third kappa shape index (κ3) is 5.56. The van der Waals surface area contributed by atoms with Crippen LogP contribution in [0.1, 0.15) is 42.9 Å². The number of benzene rings is 4. The van der Waals surface area contributed by atoms with Crippen LogP contribution in [0.3, 0.4) is 0 Å². The zero-order valence-corrected chi connectivity index (χ0v) is 24.0. The Morgan fingerprint density at radius 2 is 1.51 bits per heavy atom. The number of hydrogen-bond acceptors (Lipinski definition) is 5. The first-order chi connectivity index (χ1) is 21.0. The summed E-state index contributed by atoms with van der Waals surface area (Å²) in [6.07, 6.45) is 2.50. The number of hydrogen-bond donors (Lipinski definition) is 2. The third-order valence-electron chi connectivity index (χ3n) is 8.36. The summed E-state index contributed by atoms with van der Waals surface area (Å²) in [7, 11) is 0. The smallest absolute Gasteiger partial charge is 0.330 e. The number of aliphatic carboxylic acids is 1. The lowest BCUT2D eigenvalue weighted by molar-refractivity contribution is -0.159. The van der Waals surface area contributed by atoms with Gasteiger partial charge in [-0.2, -0.15) is 5.21 Å². The van der Waals surface area contributed by atoms with E-state index in [4.69, 9.17) is 0 Å². The van der Waals surface area contributed by atoms with Crippen molar-refractivity contribution in [2.24, 2.45) is 0 Å². The molecule has 1 heterocycles. The SMILES string of the molecule is CCCCC(=O)N(Cc1ccc(-c2cc(-c3ccccc3)ccc2-c2nn[nH]n2)cc1)C1(C(=O)O)Cc2ccccc2C1. The van der Waals surface area contributed by atoms with Crippen LogP contribution in [-0.4, -0.2) is 48.0 Å². The summed E-state index contributed by atoms with van der Waals surface area (Å²) in [5.41, 5.74) is 6.41. The van der Waals surface area contributed by atoms with Gasteiger partial charge in [0.25, 0.3) is 0 Å². The van der Waals surface area contributed by atoms with Crippen LogP contribution in [0.4, 0.5) is 0 Å². The maximum atomic E-state index is 13.6. The fraction of sp³-hybridized carbons (Fsp3) is 0.229. The van der Waals surface area contributed by atoms with Crippen molar-refractivity contribution in [2.75, 3.05) is 0 Å². The lowest BCUT2D eigenvalue weighted by Gasteiger charge is -2.38. The Kier molecular flexibility index (Phi) is 7.83. The fourth-order valence-electron chi connectivity index (χ4n) is 6.03. The molecule has 8 heteroatoms. The van der Waals surface area contributed by atoms with Crippen LogP contribution in [0, 0.1) is 0 Å². The molecular formula is C35H33N5O3. The van der Waals surface area contributed by atoms with Gasteiger partial charge in [0.1, 0.15) is 5.54 Å². The number of carbonyl (C=O) groups is 2. The Balaban J connectivity index is 1.35. The van der Waals surface area contributed by atoms with Crippen molar-refractivity contribution in [2.45, 2.75) is 51.1 Å². The molecule has 1 aliphatic rings. The third-order valence-corrected chi connectivity index (χ3v) is 8.36. The van der Waals surface area contributed by atoms with E-state index in [1.165, 1.54) is 0 Å². The highest BCUT2D eigenvalue weighted by Crippen LogP contribution is 2.38. The number of aromatic amines is 1. The van der Waals surface area contributed by atoms with Crippen molar-refractivity contribution < 1.29 is 14.7 Å². The number of unbranched alkanes of at least 4 members (excludes halogenated alkanes) is 1.